The van der Waals surface area contributed by atoms with Crippen molar-refractivity contribution in [1.82, 2.24) is 21.5 Å². The van der Waals surface area contributed by atoms with Crippen molar-refractivity contribution in [3.05, 3.63) is 0 Å². The molecule has 0 spiro atoms. The molecule has 82 heavy (non-hydrogen) atoms. The van der Waals surface area contributed by atoms with E-state index < -0.39 is 187 Å². The zero-order chi connectivity index (χ0) is 61.8. The first-order valence-corrected chi connectivity index (χ1v) is 29.8. The molecule has 0 aromatic rings. The Morgan fingerprint density at radius 2 is 1.01 bits per heavy atom. The monoisotopic (exact) mass is 1200 g/mol. The molecule has 26 nitrogen and oxygen atoms in total. The van der Waals surface area contributed by atoms with Gasteiger partial charge in [-0.3, -0.25) is 30.0 Å². The topological polar surface area (TPSA) is 389 Å². The minimum atomic E-state index is -2.11. The molecule has 4 rings (SSSR count). The van der Waals surface area contributed by atoms with E-state index in [9.17, 15) is 69.9 Å². The Kier molecular flexibility index (Phi) is 27.1. The Balaban J connectivity index is 1.88. The maximum Gasteiger partial charge on any atom is 0.335 e. The van der Waals surface area contributed by atoms with Crippen LogP contribution in [0.25, 0.3) is 0 Å². The Hall–Kier alpha value is -2.94. The first-order valence-electron chi connectivity index (χ1n) is 29.2. The van der Waals surface area contributed by atoms with Gasteiger partial charge in [0, 0.05) is 25.7 Å². The number of amides is 4. The number of thiol groups is 1. The number of aliphatic hydroxyl groups is 8. The Morgan fingerprint density at radius 1 is 0.549 bits per heavy atom. The highest BCUT2D eigenvalue weighted by Gasteiger charge is 2.65. The lowest BCUT2D eigenvalue weighted by atomic mass is 9.59. The number of nitrogens with one attached hydrogen (secondary N) is 4. The normalized spacial score (nSPS) is 36.1. The summed E-state index contributed by atoms with van der Waals surface area (Å²) in [6, 6.07) is -2.63. The van der Waals surface area contributed by atoms with E-state index in [1.807, 2.05) is 34.6 Å². The molecule has 476 valence electrons. The molecule has 0 aromatic carbocycles. The molecule has 0 saturated carbocycles. The quantitative estimate of drug-likeness (QED) is 0.0340. The zero-order valence-electron chi connectivity index (χ0n) is 49.7. The highest BCUT2D eigenvalue weighted by molar-refractivity contribution is 7.80. The van der Waals surface area contributed by atoms with E-state index in [4.69, 9.17) is 37.9 Å². The number of ether oxygens (including phenoxy) is 8. The van der Waals surface area contributed by atoms with Crippen LogP contribution in [0.4, 0.5) is 0 Å². The third-order valence-electron chi connectivity index (χ3n) is 17.9. The van der Waals surface area contributed by atoms with Crippen molar-refractivity contribution in [3.8, 4) is 0 Å². The lowest BCUT2D eigenvalue weighted by Crippen LogP contribution is -2.74. The predicted molar refractivity (Wildman–Crippen MR) is 295 cm³/mol. The SMILES string of the molecule is CCCC(C)(CC)OC1C(C(=O)O)OC(OC2C(O)C(CO)OC(C(CC)(CC)C(CC)(CC)OC3C(C(=O)NNC(=O)CCS)OC(OC4C(O)C(CO)OC(C(C)(CC)CCC)C4NC(C)=O)C(O)C3O)C2NC(C)=O)C(O)C1O. The first-order chi connectivity index (χ1) is 38.6. The predicted octanol–water partition coefficient (Wildman–Crippen LogP) is -0.226. The number of hydrogen-bond acceptors (Lipinski definition) is 22. The molecule has 0 bridgehead atoms. The maximum absolute atomic E-state index is 14.6. The summed E-state index contributed by atoms with van der Waals surface area (Å²) in [5.41, 5.74) is -0.150. The number of hydrazine groups is 1. The van der Waals surface area contributed by atoms with Crippen LogP contribution in [0.5, 0.6) is 0 Å². The molecular weight excluding hydrogens is 1100 g/mol. The summed E-state index contributed by atoms with van der Waals surface area (Å²) >= 11 is 4.10. The Bertz CT molecular complexity index is 2060. The highest BCUT2D eigenvalue weighted by atomic mass is 32.1. The number of aliphatic carboxylic acids is 1. The van der Waals surface area contributed by atoms with Crippen LogP contribution in [0.2, 0.25) is 0 Å². The van der Waals surface area contributed by atoms with Gasteiger partial charge in [-0.25, -0.2) is 4.79 Å². The molecule has 0 aliphatic carbocycles. The van der Waals surface area contributed by atoms with Gasteiger partial charge in [-0.2, -0.15) is 12.6 Å². The lowest BCUT2D eigenvalue weighted by molar-refractivity contribution is -0.357. The number of carboxylic acids is 1. The van der Waals surface area contributed by atoms with Crippen molar-refractivity contribution in [3.63, 3.8) is 0 Å². The largest absolute Gasteiger partial charge is 0.479 e. The maximum atomic E-state index is 14.6. The average molecular weight is 1200 g/mol. The fourth-order valence-electron chi connectivity index (χ4n) is 13.0. The van der Waals surface area contributed by atoms with E-state index in [1.54, 1.807) is 34.6 Å². The third-order valence-corrected chi connectivity index (χ3v) is 18.1. The van der Waals surface area contributed by atoms with Gasteiger partial charge in [-0.05, 0) is 69.5 Å². The van der Waals surface area contributed by atoms with Crippen molar-refractivity contribution in [2.24, 2.45) is 10.8 Å². The minimum absolute atomic E-state index is 0.0134. The zero-order valence-corrected chi connectivity index (χ0v) is 50.6. The van der Waals surface area contributed by atoms with Gasteiger partial charge in [0.05, 0.1) is 48.7 Å². The lowest BCUT2D eigenvalue weighted by Gasteiger charge is -2.60. The molecule has 4 amide bonds. The van der Waals surface area contributed by atoms with Gasteiger partial charge in [0.15, 0.2) is 24.8 Å². The van der Waals surface area contributed by atoms with Crippen molar-refractivity contribution >= 4 is 42.2 Å². The van der Waals surface area contributed by atoms with E-state index in [0.29, 0.717) is 38.5 Å². The molecule has 4 aliphatic rings. The summed E-state index contributed by atoms with van der Waals surface area (Å²) in [6.07, 6.45) is -28.0. The molecule has 4 saturated heterocycles. The van der Waals surface area contributed by atoms with Crippen LogP contribution in [-0.4, -0.2) is 228 Å². The Labute approximate surface area is 487 Å². The summed E-state index contributed by atoms with van der Waals surface area (Å²) in [4.78, 5) is 66.6. The average Bonchev–Trinajstić information content (AvgIpc) is 3.52. The van der Waals surface area contributed by atoms with Gasteiger partial charge in [-0.1, -0.05) is 75.2 Å². The summed E-state index contributed by atoms with van der Waals surface area (Å²) in [7, 11) is 0. The van der Waals surface area contributed by atoms with E-state index >= 15 is 0 Å². The van der Waals surface area contributed by atoms with Crippen LogP contribution in [0.1, 0.15) is 154 Å². The van der Waals surface area contributed by atoms with Crippen LogP contribution in [-0.2, 0) is 61.9 Å². The van der Waals surface area contributed by atoms with Gasteiger partial charge < -0.3 is 94.5 Å². The van der Waals surface area contributed by atoms with Gasteiger partial charge in [0.25, 0.3) is 5.91 Å². The number of rotatable bonds is 29. The van der Waals surface area contributed by atoms with Gasteiger partial charge in [0.2, 0.25) is 17.7 Å². The van der Waals surface area contributed by atoms with Gasteiger partial charge in [0.1, 0.15) is 73.2 Å². The molecule has 22 atom stereocenters. The van der Waals surface area contributed by atoms with E-state index in [0.717, 1.165) is 0 Å². The fraction of sp³-hybridized carbons (Fsp3) is 0.909. The van der Waals surface area contributed by atoms with E-state index in [1.165, 1.54) is 13.8 Å². The summed E-state index contributed by atoms with van der Waals surface area (Å²) in [5, 5.41) is 109. The molecular formula is C55H98N4O22S. The van der Waals surface area contributed by atoms with Crippen molar-refractivity contribution in [2.75, 3.05) is 19.0 Å². The van der Waals surface area contributed by atoms with Crippen molar-refractivity contribution in [2.45, 2.75) is 287 Å². The van der Waals surface area contributed by atoms with E-state index in [2.05, 4.69) is 34.1 Å². The van der Waals surface area contributed by atoms with Crippen LogP contribution in [0.3, 0.4) is 0 Å². The Morgan fingerprint density at radius 3 is 1.41 bits per heavy atom. The molecule has 27 heteroatoms. The molecule has 4 heterocycles. The molecule has 0 aromatic heterocycles. The van der Waals surface area contributed by atoms with Crippen molar-refractivity contribution < 1.29 is 108 Å². The van der Waals surface area contributed by atoms with Gasteiger partial charge >= 0.3 is 5.97 Å². The van der Waals surface area contributed by atoms with Crippen molar-refractivity contribution in [1.29, 1.82) is 0 Å². The first kappa shape index (κ1) is 71.5. The van der Waals surface area contributed by atoms with Crippen LogP contribution >= 0.6 is 12.6 Å². The van der Waals surface area contributed by atoms with Crippen LogP contribution < -0.4 is 21.5 Å². The van der Waals surface area contributed by atoms with Gasteiger partial charge in [-0.15, -0.1) is 0 Å². The second-order valence-electron chi connectivity index (χ2n) is 22.9. The van der Waals surface area contributed by atoms with E-state index in [-0.39, 0.29) is 37.9 Å². The molecule has 4 aliphatic heterocycles. The van der Waals surface area contributed by atoms with Crippen LogP contribution in [0, 0.1) is 10.8 Å². The fourth-order valence-corrected chi connectivity index (χ4v) is 13.2. The number of aliphatic hydroxyl groups excluding tert-OH is 8. The summed E-state index contributed by atoms with van der Waals surface area (Å²) in [5.74, 6) is -4.46. The highest BCUT2D eigenvalue weighted by Crippen LogP contribution is 2.54. The second kappa shape index (κ2) is 31.1. The smallest absolute Gasteiger partial charge is 0.335 e. The summed E-state index contributed by atoms with van der Waals surface area (Å²) < 4.78 is 51.3. The molecule has 4 fully saturated rings. The molecule has 13 N–H and O–H groups in total. The second-order valence-corrected chi connectivity index (χ2v) is 23.3. The molecule has 0 radical (unpaired) electrons. The molecule has 22 unspecified atom stereocenters. The third kappa shape index (κ3) is 15.4. The minimum Gasteiger partial charge on any atom is -0.479 e. The number of hydrogen-bond donors (Lipinski definition) is 14. The standard InChI is InChI=1S/C55H98N4O22S/c1-13-22-52(11,15-3)46-32(56-27(9)62)40(34(65)29(25-60)74-46)76-50-38(69)36(67)42(44(78-50)48(71)59-58-31(64)21-24-82)81-55(19-7,20-8)54(17-5,18-6)47-33(57-28(10)63)41(35(66)30(26-61)75-47)77-51-39(70)37(68)43(45(79-51)49(72)73)80-53(12,16-4)23-14-2/h29-30,32-47,50-51,60-61,65-70,82H,13-26H2,1-12H3,(H,56,62)(H,57,63)(H,58,64)(H,59,71)(H,72,73). The van der Waals surface area contributed by atoms with Crippen LogP contribution in [0.15, 0.2) is 0 Å². The number of carbonyl (C=O) groups excluding carboxylic acids is 4. The summed E-state index contributed by atoms with van der Waals surface area (Å²) in [6.45, 7) is 19.1. The number of carboxylic acid groups (broad SMARTS) is 1. The number of carbonyl (C=O) groups is 5.